The zero-order valence-corrected chi connectivity index (χ0v) is 20.8. The summed E-state index contributed by atoms with van der Waals surface area (Å²) < 4.78 is 16.0. The minimum Gasteiger partial charge on any atom is -0.454 e. The van der Waals surface area contributed by atoms with Crippen LogP contribution < -0.4 is 19.1 Å². The van der Waals surface area contributed by atoms with Crippen LogP contribution in [0.4, 0.5) is 5.69 Å². The first-order valence-electron chi connectivity index (χ1n) is 12.6. The van der Waals surface area contributed by atoms with Gasteiger partial charge in [-0.3, -0.25) is 19.2 Å². The van der Waals surface area contributed by atoms with Crippen molar-refractivity contribution >= 4 is 35.3 Å². The summed E-state index contributed by atoms with van der Waals surface area (Å²) in [5.74, 6) is -1.89. The molecule has 0 unspecified atom stereocenters. The fourth-order valence-electron chi connectivity index (χ4n) is 6.16. The van der Waals surface area contributed by atoms with Crippen molar-refractivity contribution < 1.29 is 33.4 Å². The van der Waals surface area contributed by atoms with Crippen LogP contribution >= 0.6 is 0 Å². The number of carbonyl (C=O) groups is 4. The molecule has 0 radical (unpaired) electrons. The van der Waals surface area contributed by atoms with Crippen molar-refractivity contribution in [3.63, 3.8) is 0 Å². The zero-order valence-electron chi connectivity index (χ0n) is 20.8. The molecular weight excluding hydrogens is 500 g/mol. The number of anilines is 1. The number of imide groups is 1. The third-order valence-corrected chi connectivity index (χ3v) is 7.74. The molecule has 4 aliphatic heterocycles. The van der Waals surface area contributed by atoms with Gasteiger partial charge in [-0.05, 0) is 53.6 Å². The summed E-state index contributed by atoms with van der Waals surface area (Å²) in [5, 5.41) is 0. The van der Waals surface area contributed by atoms with E-state index in [1.807, 2.05) is 41.4 Å². The molecule has 0 aromatic heterocycles. The van der Waals surface area contributed by atoms with Crippen molar-refractivity contribution in [2.24, 2.45) is 11.8 Å². The normalized spacial score (nSPS) is 23.9. The second kappa shape index (κ2) is 8.56. The Morgan fingerprint density at radius 3 is 2.44 bits per heavy atom. The highest BCUT2D eigenvalue weighted by molar-refractivity contribution is 6.24. The van der Waals surface area contributed by atoms with Crippen LogP contribution in [0, 0.1) is 11.8 Å². The summed E-state index contributed by atoms with van der Waals surface area (Å²) >= 11 is 0. The number of amides is 2. The molecule has 39 heavy (non-hydrogen) atoms. The third-order valence-electron chi connectivity index (χ3n) is 7.74. The van der Waals surface area contributed by atoms with E-state index in [4.69, 9.17) is 14.2 Å². The lowest BCUT2D eigenvalue weighted by atomic mass is 9.83. The number of rotatable bonds is 4. The molecule has 4 heterocycles. The van der Waals surface area contributed by atoms with E-state index in [0.29, 0.717) is 28.5 Å². The van der Waals surface area contributed by atoms with E-state index in [9.17, 15) is 19.2 Å². The van der Waals surface area contributed by atoms with Gasteiger partial charge in [0.1, 0.15) is 11.8 Å². The zero-order chi connectivity index (χ0) is 26.8. The van der Waals surface area contributed by atoms with E-state index < -0.39 is 35.8 Å². The Hall–Kier alpha value is -4.92. The van der Waals surface area contributed by atoms with E-state index in [0.717, 1.165) is 11.1 Å². The molecule has 2 amide bonds. The van der Waals surface area contributed by atoms with Gasteiger partial charge in [-0.15, -0.1) is 0 Å². The number of hydrogen-bond acceptors (Lipinski definition) is 8. The fourth-order valence-corrected chi connectivity index (χ4v) is 6.16. The van der Waals surface area contributed by atoms with Crippen molar-refractivity contribution in [2.75, 3.05) is 11.7 Å². The average Bonchev–Trinajstić information content (AvgIpc) is 3.61. The first kappa shape index (κ1) is 23.2. The van der Waals surface area contributed by atoms with E-state index in [1.165, 1.54) is 11.8 Å². The van der Waals surface area contributed by atoms with Crippen LogP contribution in [-0.2, 0) is 14.4 Å². The minimum absolute atomic E-state index is 0.0684. The van der Waals surface area contributed by atoms with E-state index in [-0.39, 0.29) is 18.5 Å². The fraction of sp³-hybridized carbons (Fsp3) is 0.200. The summed E-state index contributed by atoms with van der Waals surface area (Å²) in [4.78, 5) is 56.5. The molecule has 9 heteroatoms. The van der Waals surface area contributed by atoms with E-state index in [1.54, 1.807) is 42.5 Å². The Kier molecular flexibility index (Phi) is 5.09. The van der Waals surface area contributed by atoms with Crippen LogP contribution in [0.3, 0.4) is 0 Å². The van der Waals surface area contributed by atoms with Gasteiger partial charge in [-0.25, -0.2) is 4.90 Å². The van der Waals surface area contributed by atoms with Gasteiger partial charge < -0.3 is 19.1 Å². The quantitative estimate of drug-likeness (QED) is 0.221. The van der Waals surface area contributed by atoms with Crippen molar-refractivity contribution in [3.05, 3.63) is 89.6 Å². The maximum Gasteiger partial charge on any atom is 0.308 e. The molecule has 3 aromatic carbocycles. The molecule has 0 spiro atoms. The van der Waals surface area contributed by atoms with Crippen LogP contribution in [0.5, 0.6) is 17.2 Å². The van der Waals surface area contributed by atoms with Gasteiger partial charge in [0.2, 0.25) is 18.6 Å². The number of benzene rings is 3. The number of fused-ring (bicyclic) bond motifs is 6. The van der Waals surface area contributed by atoms with Crippen LogP contribution in [0.25, 0.3) is 6.08 Å². The number of ketones is 1. The van der Waals surface area contributed by atoms with Crippen LogP contribution in [0.2, 0.25) is 0 Å². The molecule has 7 rings (SSSR count). The van der Waals surface area contributed by atoms with Crippen LogP contribution in [0.15, 0.2) is 72.9 Å². The van der Waals surface area contributed by atoms with E-state index in [2.05, 4.69) is 0 Å². The lowest BCUT2D eigenvalue weighted by Gasteiger charge is -2.35. The number of carbonyl (C=O) groups excluding carboxylic acids is 4. The van der Waals surface area contributed by atoms with Gasteiger partial charge >= 0.3 is 5.97 Å². The SMILES string of the molecule is CC(=O)Oc1ccc(C(=O)[C@H]2[C@H]3C(=O)N(c4ccc5c(c4)OCO5)C(=O)[C@@H]3[C@H]3c4ccccc4C=CN32)cc1. The topological polar surface area (TPSA) is 102 Å². The number of esters is 1. The van der Waals surface area contributed by atoms with Gasteiger partial charge in [0.25, 0.3) is 0 Å². The monoisotopic (exact) mass is 522 g/mol. The van der Waals surface area contributed by atoms with Crippen molar-refractivity contribution in [3.8, 4) is 17.2 Å². The summed E-state index contributed by atoms with van der Waals surface area (Å²) in [6.45, 7) is 1.37. The summed E-state index contributed by atoms with van der Waals surface area (Å²) in [6.07, 6.45) is 3.72. The highest BCUT2D eigenvalue weighted by Gasteiger charge is 2.64. The number of nitrogens with zero attached hydrogens (tertiary/aromatic N) is 2. The van der Waals surface area contributed by atoms with E-state index >= 15 is 0 Å². The number of Topliss-reactive ketones (excluding diaryl/α,β-unsaturated/α-hetero) is 1. The molecule has 0 N–H and O–H groups in total. The highest BCUT2D eigenvalue weighted by Crippen LogP contribution is 2.54. The predicted octanol–water partition coefficient (Wildman–Crippen LogP) is 3.74. The lowest BCUT2D eigenvalue weighted by Crippen LogP contribution is -2.44. The van der Waals surface area contributed by atoms with Gasteiger partial charge in [0, 0.05) is 24.8 Å². The van der Waals surface area contributed by atoms with Gasteiger partial charge in [-0.1, -0.05) is 24.3 Å². The first-order chi connectivity index (χ1) is 18.9. The molecule has 2 fully saturated rings. The third kappa shape index (κ3) is 3.46. The Morgan fingerprint density at radius 2 is 1.64 bits per heavy atom. The minimum atomic E-state index is -0.903. The molecule has 9 nitrogen and oxygen atoms in total. The molecule has 3 aromatic rings. The van der Waals surface area contributed by atoms with Crippen molar-refractivity contribution in [1.82, 2.24) is 4.90 Å². The van der Waals surface area contributed by atoms with Crippen LogP contribution in [-0.4, -0.2) is 41.3 Å². The standard InChI is InChI=1S/C30H22N2O7/c1-16(33)39-20-9-6-18(7-10-20)28(34)27-25-24(26-21-5-3-2-4-17(21)12-13-31(26)27)29(35)32(30(25)36)19-8-11-22-23(14-19)38-15-37-22/h2-14,24-27H,15H2,1H3/t24-,25-,26+,27+/m0/s1. The number of ether oxygens (including phenoxy) is 3. The molecule has 0 saturated carbocycles. The van der Waals surface area contributed by atoms with Crippen molar-refractivity contribution in [1.29, 1.82) is 0 Å². The van der Waals surface area contributed by atoms with Crippen molar-refractivity contribution in [2.45, 2.75) is 19.0 Å². The molecule has 4 aliphatic rings. The largest absolute Gasteiger partial charge is 0.454 e. The molecule has 0 bridgehead atoms. The first-order valence-corrected chi connectivity index (χ1v) is 12.6. The highest BCUT2D eigenvalue weighted by atomic mass is 16.7. The molecular formula is C30H22N2O7. The second-order valence-electron chi connectivity index (χ2n) is 9.86. The number of hydrogen-bond donors (Lipinski definition) is 0. The maximum atomic E-state index is 14.0. The molecule has 4 atom stereocenters. The summed E-state index contributed by atoms with van der Waals surface area (Å²) in [7, 11) is 0. The van der Waals surface area contributed by atoms with Gasteiger partial charge in [0.15, 0.2) is 17.3 Å². The maximum absolute atomic E-state index is 14.0. The Bertz CT molecular complexity index is 1600. The predicted molar refractivity (Wildman–Crippen MR) is 138 cm³/mol. The van der Waals surface area contributed by atoms with Gasteiger partial charge in [0.05, 0.1) is 23.6 Å². The summed E-state index contributed by atoms with van der Waals surface area (Å²) in [5.41, 5.74) is 2.57. The Labute approximate surface area is 223 Å². The molecule has 2 saturated heterocycles. The Balaban J connectivity index is 1.31. The Morgan fingerprint density at radius 1 is 0.897 bits per heavy atom. The lowest BCUT2D eigenvalue weighted by molar-refractivity contribution is -0.132. The van der Waals surface area contributed by atoms with Gasteiger partial charge in [-0.2, -0.15) is 0 Å². The summed E-state index contributed by atoms with van der Waals surface area (Å²) in [6, 6.07) is 17.5. The van der Waals surface area contributed by atoms with Crippen LogP contribution in [0.1, 0.15) is 34.5 Å². The average molecular weight is 523 g/mol. The smallest absolute Gasteiger partial charge is 0.308 e. The second-order valence-corrected chi connectivity index (χ2v) is 9.86. The molecule has 0 aliphatic carbocycles. The molecule has 194 valence electrons.